The van der Waals surface area contributed by atoms with Crippen molar-refractivity contribution in [1.29, 1.82) is 0 Å². The minimum Gasteiger partial charge on any atom is -0.396 e. The molecule has 1 nitrogen and oxygen atoms in total. The van der Waals surface area contributed by atoms with Gasteiger partial charge in [0.2, 0.25) is 0 Å². The van der Waals surface area contributed by atoms with E-state index in [0.29, 0.717) is 6.42 Å². The summed E-state index contributed by atoms with van der Waals surface area (Å²) in [5, 5.41) is 8.53. The molecule has 1 aliphatic rings. The second-order valence-corrected chi connectivity index (χ2v) is 3.43. The summed E-state index contributed by atoms with van der Waals surface area (Å²) < 4.78 is 13.1. The molecule has 66 valence electrons. The van der Waals surface area contributed by atoms with Crippen molar-refractivity contribution in [1.82, 2.24) is 0 Å². The van der Waals surface area contributed by atoms with Crippen LogP contribution in [0.1, 0.15) is 38.5 Å². The van der Waals surface area contributed by atoms with Gasteiger partial charge in [-0.1, -0.05) is 19.3 Å². The Hall–Kier alpha value is -0.110. The van der Waals surface area contributed by atoms with Crippen LogP contribution in [0.2, 0.25) is 0 Å². The molecule has 0 saturated heterocycles. The summed E-state index contributed by atoms with van der Waals surface area (Å²) in [5.74, 6) is 0.246. The van der Waals surface area contributed by atoms with E-state index >= 15 is 0 Å². The van der Waals surface area contributed by atoms with Crippen molar-refractivity contribution >= 4 is 0 Å². The van der Waals surface area contributed by atoms with Crippen LogP contribution in [-0.2, 0) is 0 Å². The summed E-state index contributed by atoms with van der Waals surface area (Å²) in [5.41, 5.74) is 0. The van der Waals surface area contributed by atoms with Crippen molar-refractivity contribution < 1.29 is 9.50 Å². The van der Waals surface area contributed by atoms with Crippen LogP contribution < -0.4 is 0 Å². The van der Waals surface area contributed by atoms with Gasteiger partial charge < -0.3 is 5.11 Å². The fourth-order valence-corrected chi connectivity index (χ4v) is 1.85. The van der Waals surface area contributed by atoms with Crippen LogP contribution in [0.15, 0.2) is 0 Å². The molecule has 0 spiro atoms. The van der Waals surface area contributed by atoms with Gasteiger partial charge >= 0.3 is 0 Å². The molecule has 1 unspecified atom stereocenters. The van der Waals surface area contributed by atoms with Gasteiger partial charge in [0.1, 0.15) is 6.17 Å². The maximum atomic E-state index is 13.1. The lowest BCUT2D eigenvalue weighted by Gasteiger charge is -2.24. The number of rotatable bonds is 3. The number of aliphatic hydroxyl groups excluding tert-OH is 1. The largest absolute Gasteiger partial charge is 0.396 e. The highest BCUT2D eigenvalue weighted by atomic mass is 19.1. The molecule has 11 heavy (non-hydrogen) atoms. The Morgan fingerprint density at radius 2 is 1.91 bits per heavy atom. The maximum absolute atomic E-state index is 13.1. The van der Waals surface area contributed by atoms with Crippen LogP contribution in [0.3, 0.4) is 0 Å². The van der Waals surface area contributed by atoms with Gasteiger partial charge in [0.15, 0.2) is 0 Å². The minimum absolute atomic E-state index is 0.00231. The summed E-state index contributed by atoms with van der Waals surface area (Å²) in [6.45, 7) is -0.00231. The Morgan fingerprint density at radius 1 is 1.27 bits per heavy atom. The van der Waals surface area contributed by atoms with Crippen LogP contribution in [0.4, 0.5) is 4.39 Å². The zero-order chi connectivity index (χ0) is 8.10. The van der Waals surface area contributed by atoms with E-state index < -0.39 is 6.17 Å². The molecule has 0 aromatic rings. The van der Waals surface area contributed by atoms with Crippen LogP contribution in [0.25, 0.3) is 0 Å². The lowest BCUT2D eigenvalue weighted by atomic mass is 9.85. The number of alkyl halides is 1. The zero-order valence-electron chi connectivity index (χ0n) is 6.93. The molecule has 0 radical (unpaired) electrons. The average molecular weight is 160 g/mol. The first-order valence-corrected chi connectivity index (χ1v) is 4.59. The molecule has 1 saturated carbocycles. The lowest BCUT2D eigenvalue weighted by molar-refractivity contribution is 0.140. The van der Waals surface area contributed by atoms with E-state index in [1.807, 2.05) is 0 Å². The number of aliphatic hydroxyl groups is 1. The molecule has 2 heteroatoms. The lowest BCUT2D eigenvalue weighted by Crippen LogP contribution is -2.19. The standard InChI is InChI=1S/C9H17FO/c10-9(6-7-11)8-4-2-1-3-5-8/h8-9,11H,1-7H2. The Kier molecular flexibility index (Phi) is 3.84. The fourth-order valence-electron chi connectivity index (χ4n) is 1.85. The third-order valence-corrected chi connectivity index (χ3v) is 2.57. The molecule has 1 N–H and O–H groups in total. The third-order valence-electron chi connectivity index (χ3n) is 2.57. The smallest absolute Gasteiger partial charge is 0.105 e. The van der Waals surface area contributed by atoms with E-state index in [2.05, 4.69) is 0 Å². The first-order chi connectivity index (χ1) is 5.34. The molecule has 0 amide bonds. The van der Waals surface area contributed by atoms with Gasteiger partial charge in [0.25, 0.3) is 0 Å². The molecule has 0 aromatic carbocycles. The van der Waals surface area contributed by atoms with E-state index in [4.69, 9.17) is 5.11 Å². The first kappa shape index (κ1) is 8.98. The van der Waals surface area contributed by atoms with Crippen molar-refractivity contribution in [2.45, 2.75) is 44.7 Å². The minimum atomic E-state index is -0.750. The number of halogens is 1. The van der Waals surface area contributed by atoms with E-state index in [1.54, 1.807) is 0 Å². The highest BCUT2D eigenvalue weighted by Crippen LogP contribution is 2.29. The zero-order valence-corrected chi connectivity index (χ0v) is 6.93. The van der Waals surface area contributed by atoms with Gasteiger partial charge in [-0.3, -0.25) is 0 Å². The Bertz CT molecular complexity index is 99.7. The number of hydrogen-bond acceptors (Lipinski definition) is 1. The Labute approximate surface area is 67.6 Å². The molecule has 0 heterocycles. The van der Waals surface area contributed by atoms with Gasteiger partial charge in [-0.05, 0) is 18.8 Å². The van der Waals surface area contributed by atoms with E-state index in [0.717, 1.165) is 12.8 Å². The Morgan fingerprint density at radius 3 is 2.45 bits per heavy atom. The van der Waals surface area contributed by atoms with Crippen molar-refractivity contribution in [3.63, 3.8) is 0 Å². The molecule has 1 atom stereocenters. The maximum Gasteiger partial charge on any atom is 0.105 e. The normalized spacial score (nSPS) is 23.5. The molecule has 0 bridgehead atoms. The van der Waals surface area contributed by atoms with Gasteiger partial charge in [-0.15, -0.1) is 0 Å². The molecule has 0 aliphatic heterocycles. The van der Waals surface area contributed by atoms with Crippen LogP contribution in [-0.4, -0.2) is 17.9 Å². The van der Waals surface area contributed by atoms with Gasteiger partial charge in [0.05, 0.1) is 0 Å². The van der Waals surface area contributed by atoms with Crippen molar-refractivity contribution in [3.8, 4) is 0 Å². The van der Waals surface area contributed by atoms with Crippen molar-refractivity contribution in [2.24, 2.45) is 5.92 Å². The summed E-state index contributed by atoms with van der Waals surface area (Å²) >= 11 is 0. The predicted molar refractivity (Wildman–Crippen MR) is 43.2 cm³/mol. The summed E-state index contributed by atoms with van der Waals surface area (Å²) in [4.78, 5) is 0. The van der Waals surface area contributed by atoms with Crippen LogP contribution in [0.5, 0.6) is 0 Å². The van der Waals surface area contributed by atoms with Crippen molar-refractivity contribution in [2.75, 3.05) is 6.61 Å². The first-order valence-electron chi connectivity index (χ1n) is 4.59. The molecule has 1 fully saturated rings. The highest BCUT2D eigenvalue weighted by molar-refractivity contribution is 4.72. The molecule has 1 rings (SSSR count). The highest BCUT2D eigenvalue weighted by Gasteiger charge is 2.22. The SMILES string of the molecule is OCCC(F)C1CCCCC1. The molecular formula is C9H17FO. The fraction of sp³-hybridized carbons (Fsp3) is 1.00. The van der Waals surface area contributed by atoms with E-state index in [1.165, 1.54) is 19.3 Å². The second-order valence-electron chi connectivity index (χ2n) is 3.43. The van der Waals surface area contributed by atoms with E-state index in [9.17, 15) is 4.39 Å². The van der Waals surface area contributed by atoms with Gasteiger partial charge in [0, 0.05) is 13.0 Å². The van der Waals surface area contributed by atoms with Crippen molar-refractivity contribution in [3.05, 3.63) is 0 Å². The van der Waals surface area contributed by atoms with E-state index in [-0.39, 0.29) is 12.5 Å². The number of hydrogen-bond donors (Lipinski definition) is 1. The third kappa shape index (κ3) is 2.78. The Balaban J connectivity index is 2.21. The predicted octanol–water partition coefficient (Wildman–Crippen LogP) is 2.29. The van der Waals surface area contributed by atoms with Crippen LogP contribution in [0, 0.1) is 5.92 Å². The van der Waals surface area contributed by atoms with Crippen LogP contribution >= 0.6 is 0 Å². The van der Waals surface area contributed by atoms with Gasteiger partial charge in [-0.2, -0.15) is 0 Å². The average Bonchev–Trinajstić information content (AvgIpc) is 2.07. The topological polar surface area (TPSA) is 20.2 Å². The molecular weight excluding hydrogens is 143 g/mol. The summed E-state index contributed by atoms with van der Waals surface area (Å²) in [7, 11) is 0. The van der Waals surface area contributed by atoms with Gasteiger partial charge in [-0.25, -0.2) is 4.39 Å². The summed E-state index contributed by atoms with van der Waals surface area (Å²) in [6.07, 6.45) is 5.27. The quantitative estimate of drug-likeness (QED) is 0.671. The summed E-state index contributed by atoms with van der Waals surface area (Å²) in [6, 6.07) is 0. The monoisotopic (exact) mass is 160 g/mol. The second kappa shape index (κ2) is 4.70. The molecule has 0 aromatic heterocycles. The molecule has 1 aliphatic carbocycles.